The molecular weight excluding hydrogens is 244 g/mol. The summed E-state index contributed by atoms with van der Waals surface area (Å²) in [7, 11) is -1.98. The van der Waals surface area contributed by atoms with E-state index < -0.39 is 8.56 Å². The lowest BCUT2D eigenvalue weighted by molar-refractivity contribution is -0.130. The molecule has 0 aromatic carbocycles. The molecule has 0 rings (SSSR count). The molecule has 0 spiro atoms. The van der Waals surface area contributed by atoms with Crippen LogP contribution in [0.3, 0.4) is 0 Å². The normalized spacial score (nSPS) is 11.5. The Labute approximate surface area is 103 Å². The molecule has 0 N–H and O–H groups in total. The molecule has 6 heteroatoms. The second kappa shape index (κ2) is 9.04. The Morgan fingerprint density at radius 2 is 1.81 bits per heavy atom. The first-order valence-corrected chi connectivity index (χ1v) is 9.05. The summed E-state index contributed by atoms with van der Waals surface area (Å²) in [6, 6.07) is 0.933. The van der Waals surface area contributed by atoms with Gasteiger partial charge in [-0.15, -0.1) is 0 Å². The van der Waals surface area contributed by atoms with Crippen molar-refractivity contribution in [3.8, 4) is 0 Å². The fraction of sp³-hybridized carbons (Fsp3) is 0.900. The number of rotatable bonds is 9. The lowest BCUT2D eigenvalue weighted by Crippen LogP contribution is -2.38. The van der Waals surface area contributed by atoms with Crippen LogP contribution in [-0.2, 0) is 17.8 Å². The van der Waals surface area contributed by atoms with Crippen LogP contribution in [-0.4, -0.2) is 33.5 Å². The molecule has 0 aromatic heterocycles. The van der Waals surface area contributed by atoms with Crippen molar-refractivity contribution in [2.45, 2.75) is 39.8 Å². The van der Waals surface area contributed by atoms with Crippen LogP contribution in [0.2, 0.25) is 12.6 Å². The molecule has 0 heterocycles. The summed E-state index contributed by atoms with van der Waals surface area (Å²) in [4.78, 5) is 10.5. The fourth-order valence-corrected chi connectivity index (χ4v) is 4.55. The molecule has 16 heavy (non-hydrogen) atoms. The molecule has 96 valence electrons. The first kappa shape index (κ1) is 16.0. The van der Waals surface area contributed by atoms with Gasteiger partial charge < -0.3 is 13.0 Å². The van der Waals surface area contributed by atoms with E-state index >= 15 is 0 Å². The predicted octanol–water partition coefficient (Wildman–Crippen LogP) is 2.73. The van der Waals surface area contributed by atoms with E-state index in [0.29, 0.717) is 13.2 Å². The highest BCUT2D eigenvalue weighted by Crippen LogP contribution is 2.18. The molecule has 0 amide bonds. The topological polar surface area (TPSA) is 44.8 Å². The first-order valence-electron chi connectivity index (χ1n) is 5.62. The Kier molecular flexibility index (Phi) is 9.01. The van der Waals surface area contributed by atoms with E-state index in [1.165, 1.54) is 19.0 Å². The summed E-state index contributed by atoms with van der Waals surface area (Å²) in [5.74, 6) is 0.544. The average molecular weight is 266 g/mol. The number of carbonyl (C=O) groups excluding carboxylic acids is 1. The third-order valence-corrected chi connectivity index (χ3v) is 5.80. The Morgan fingerprint density at radius 3 is 2.25 bits per heavy atom. The van der Waals surface area contributed by atoms with Gasteiger partial charge in [0, 0.05) is 25.9 Å². The first-order chi connectivity index (χ1) is 7.54. The van der Waals surface area contributed by atoms with Crippen molar-refractivity contribution >= 4 is 26.6 Å². The van der Waals surface area contributed by atoms with Gasteiger partial charge in [-0.3, -0.25) is 4.79 Å². The minimum Gasteiger partial charge on any atom is -0.395 e. The monoisotopic (exact) mass is 266 g/mol. The highest BCUT2D eigenvalue weighted by molar-refractivity contribution is 7.95. The van der Waals surface area contributed by atoms with Gasteiger partial charge in [-0.1, -0.05) is 0 Å². The van der Waals surface area contributed by atoms with E-state index in [1.807, 2.05) is 13.8 Å². The fourth-order valence-electron chi connectivity index (χ4n) is 1.37. The van der Waals surface area contributed by atoms with Gasteiger partial charge in [0.15, 0.2) is 0 Å². The lowest BCUT2D eigenvalue weighted by atomic mass is 10.6. The van der Waals surface area contributed by atoms with Crippen molar-refractivity contribution in [1.29, 1.82) is 0 Å². The van der Waals surface area contributed by atoms with Gasteiger partial charge in [-0.05, 0) is 32.9 Å². The molecule has 0 radical (unpaired) electrons. The number of carbonyl (C=O) groups is 1. The van der Waals surface area contributed by atoms with Gasteiger partial charge in [-0.2, -0.15) is 0 Å². The Morgan fingerprint density at radius 1 is 1.25 bits per heavy atom. The SMILES string of the molecule is CCO[Si](C)(CCCSOC(C)=O)OCC. The Bertz CT molecular complexity index is 195. The predicted molar refractivity (Wildman–Crippen MR) is 68.5 cm³/mol. The molecule has 0 aromatic rings. The maximum Gasteiger partial charge on any atom is 0.334 e. The van der Waals surface area contributed by atoms with E-state index in [-0.39, 0.29) is 5.97 Å². The summed E-state index contributed by atoms with van der Waals surface area (Å²) in [5, 5.41) is 0. The standard InChI is InChI=1S/C10H22O4SSi/c1-5-12-16(4,13-6-2)9-7-8-15-14-10(3)11/h5-9H2,1-4H3. The minimum absolute atomic E-state index is 0.250. The van der Waals surface area contributed by atoms with E-state index in [4.69, 9.17) is 13.0 Å². The molecule has 4 nitrogen and oxygen atoms in total. The number of hydrogen-bond donors (Lipinski definition) is 0. The molecular formula is C10H22O4SSi. The highest BCUT2D eigenvalue weighted by Gasteiger charge is 2.29. The molecule has 0 aliphatic rings. The van der Waals surface area contributed by atoms with Crippen LogP contribution < -0.4 is 0 Å². The molecule has 0 saturated heterocycles. The molecule has 0 saturated carbocycles. The smallest absolute Gasteiger partial charge is 0.334 e. The van der Waals surface area contributed by atoms with Gasteiger partial charge in [0.05, 0.1) is 12.0 Å². The summed E-state index contributed by atoms with van der Waals surface area (Å²) >= 11 is 1.20. The minimum atomic E-state index is -1.98. The van der Waals surface area contributed by atoms with Gasteiger partial charge in [0.1, 0.15) is 0 Å². The second-order valence-corrected chi connectivity index (χ2v) is 7.66. The van der Waals surface area contributed by atoms with Crippen LogP contribution in [0.4, 0.5) is 0 Å². The lowest BCUT2D eigenvalue weighted by Gasteiger charge is -2.25. The summed E-state index contributed by atoms with van der Waals surface area (Å²) in [5.41, 5.74) is 0. The molecule has 0 unspecified atom stereocenters. The maximum atomic E-state index is 10.5. The van der Waals surface area contributed by atoms with Gasteiger partial charge in [0.2, 0.25) is 0 Å². The van der Waals surface area contributed by atoms with Crippen molar-refractivity contribution in [1.82, 2.24) is 0 Å². The maximum absolute atomic E-state index is 10.5. The third kappa shape index (κ3) is 8.15. The van der Waals surface area contributed by atoms with Crippen LogP contribution in [0.1, 0.15) is 27.2 Å². The summed E-state index contributed by atoms with van der Waals surface area (Å²) < 4.78 is 16.2. The van der Waals surface area contributed by atoms with Crippen molar-refractivity contribution in [2.75, 3.05) is 19.0 Å². The zero-order valence-corrected chi connectivity index (χ0v) is 12.4. The van der Waals surface area contributed by atoms with Gasteiger partial charge in [-0.25, -0.2) is 0 Å². The van der Waals surface area contributed by atoms with Gasteiger partial charge in [0.25, 0.3) is 0 Å². The molecule has 0 aliphatic carbocycles. The molecule has 0 atom stereocenters. The molecule has 0 fully saturated rings. The zero-order valence-electron chi connectivity index (χ0n) is 10.6. The van der Waals surface area contributed by atoms with Crippen LogP contribution in [0.5, 0.6) is 0 Å². The van der Waals surface area contributed by atoms with Gasteiger partial charge >= 0.3 is 14.5 Å². The van der Waals surface area contributed by atoms with Crippen molar-refractivity contribution in [3.05, 3.63) is 0 Å². The van der Waals surface area contributed by atoms with Crippen LogP contribution in [0.15, 0.2) is 0 Å². The largest absolute Gasteiger partial charge is 0.395 e. The average Bonchev–Trinajstić information content (AvgIpc) is 2.17. The van der Waals surface area contributed by atoms with E-state index in [2.05, 4.69) is 6.55 Å². The molecule has 0 aliphatic heterocycles. The summed E-state index contributed by atoms with van der Waals surface area (Å²) in [6.45, 7) is 8.85. The molecule has 0 bridgehead atoms. The summed E-state index contributed by atoms with van der Waals surface area (Å²) in [6.07, 6.45) is 0.945. The van der Waals surface area contributed by atoms with Crippen LogP contribution >= 0.6 is 12.0 Å². The second-order valence-electron chi connectivity index (χ2n) is 3.50. The third-order valence-electron chi connectivity index (χ3n) is 1.93. The van der Waals surface area contributed by atoms with Crippen LogP contribution in [0, 0.1) is 0 Å². The Balaban J connectivity index is 3.71. The number of hydrogen-bond acceptors (Lipinski definition) is 5. The zero-order chi connectivity index (χ0) is 12.4. The van der Waals surface area contributed by atoms with E-state index in [0.717, 1.165) is 18.2 Å². The quantitative estimate of drug-likeness (QED) is 0.365. The van der Waals surface area contributed by atoms with Crippen molar-refractivity contribution in [3.63, 3.8) is 0 Å². The Hall–Kier alpha value is -0.0431. The van der Waals surface area contributed by atoms with E-state index in [9.17, 15) is 4.79 Å². The van der Waals surface area contributed by atoms with Crippen LogP contribution in [0.25, 0.3) is 0 Å². The highest BCUT2D eigenvalue weighted by atomic mass is 32.2. The van der Waals surface area contributed by atoms with Crippen molar-refractivity contribution in [2.24, 2.45) is 0 Å². The van der Waals surface area contributed by atoms with E-state index in [1.54, 1.807) is 0 Å². The van der Waals surface area contributed by atoms with Crippen molar-refractivity contribution < 1.29 is 17.8 Å².